The molecule has 1 N–H and O–H groups in total. The van der Waals surface area contributed by atoms with Gasteiger partial charge >= 0.3 is 0 Å². The molecule has 4 nitrogen and oxygen atoms in total. The van der Waals surface area contributed by atoms with Crippen molar-refractivity contribution in [3.8, 4) is 11.3 Å². The van der Waals surface area contributed by atoms with Gasteiger partial charge in [-0.1, -0.05) is 77.0 Å². The minimum Gasteiger partial charge on any atom is -0.479 e. The molecule has 0 aliphatic carbocycles. The Morgan fingerprint density at radius 1 is 1.22 bits per heavy atom. The van der Waals surface area contributed by atoms with E-state index in [1.807, 2.05) is 6.08 Å². The average molecular weight is 567 g/mol. The zero-order valence-corrected chi connectivity index (χ0v) is 26.8. The van der Waals surface area contributed by atoms with Gasteiger partial charge in [-0.15, -0.1) is 0 Å². The number of hydrogen-bond acceptors (Lipinski definition) is 3. The van der Waals surface area contributed by atoms with Crippen LogP contribution in [0.4, 0.5) is 0 Å². The molecule has 3 unspecified atom stereocenters. The van der Waals surface area contributed by atoms with Gasteiger partial charge in [0, 0.05) is 40.9 Å². The van der Waals surface area contributed by atoms with Crippen molar-refractivity contribution in [3.63, 3.8) is 0 Å². The second kappa shape index (κ2) is 11.6. The van der Waals surface area contributed by atoms with E-state index in [0.29, 0.717) is 18.4 Å². The summed E-state index contributed by atoms with van der Waals surface area (Å²) < 4.78 is 8.31. The topological polar surface area (TPSA) is 37.5 Å². The van der Waals surface area contributed by atoms with Gasteiger partial charge in [-0.05, 0) is 61.4 Å². The maximum atomic E-state index is 5.77. The summed E-state index contributed by atoms with van der Waals surface area (Å²) in [6.07, 6.45) is 13.9. The van der Waals surface area contributed by atoms with Crippen molar-refractivity contribution in [1.82, 2.24) is 5.32 Å². The zero-order valence-electron chi connectivity index (χ0n) is 25.8. The third-order valence-electron chi connectivity index (χ3n) is 8.98. The lowest BCUT2D eigenvalue weighted by Gasteiger charge is -2.35. The number of ether oxygens (including phenoxy) is 1. The Bertz CT molecular complexity index is 1410. The predicted octanol–water partition coefficient (Wildman–Crippen LogP) is 7.37. The van der Waals surface area contributed by atoms with Crippen LogP contribution in [0.3, 0.4) is 0 Å². The summed E-state index contributed by atoms with van der Waals surface area (Å²) in [6.45, 7) is 26.4. The van der Waals surface area contributed by atoms with Crippen LogP contribution in [-0.2, 0) is 11.2 Å². The molecule has 1 spiro atoms. The molecule has 1 aromatic carbocycles. The molecule has 0 saturated carbocycles. The molecular formula is C36H48N3OSi+. The van der Waals surface area contributed by atoms with Crippen LogP contribution in [0.1, 0.15) is 62.6 Å². The molecule has 2 aromatic rings. The molecule has 0 fully saturated rings. The molecule has 5 heteroatoms. The first-order valence-electron chi connectivity index (χ1n) is 15.3. The molecule has 3 aliphatic rings. The van der Waals surface area contributed by atoms with E-state index in [-0.39, 0.29) is 17.4 Å². The molecule has 1 aromatic heterocycles. The Labute approximate surface area is 248 Å². The van der Waals surface area contributed by atoms with Crippen molar-refractivity contribution in [2.75, 3.05) is 13.2 Å². The molecule has 3 aliphatic heterocycles. The Morgan fingerprint density at radius 3 is 2.73 bits per heavy atom. The summed E-state index contributed by atoms with van der Waals surface area (Å²) in [5.41, 5.74) is 7.36. The van der Waals surface area contributed by atoms with Gasteiger partial charge < -0.3 is 10.1 Å². The van der Waals surface area contributed by atoms with Crippen molar-refractivity contribution >= 4 is 19.0 Å². The molecule has 0 radical (unpaired) electrons. The fraction of sp³-hybridized carbons (Fsp3) is 0.444. The summed E-state index contributed by atoms with van der Waals surface area (Å²) in [5, 5.41) is 5.03. The summed E-state index contributed by atoms with van der Waals surface area (Å²) in [7, 11) is -1.62. The number of nitrogens with zero attached hydrogens (tertiary/aromatic N) is 2. The van der Waals surface area contributed by atoms with Gasteiger partial charge in [0.15, 0.2) is 12.1 Å². The van der Waals surface area contributed by atoms with Crippen molar-refractivity contribution in [2.24, 2.45) is 16.3 Å². The molecule has 0 saturated heterocycles. The largest absolute Gasteiger partial charge is 0.479 e. The molecule has 0 bridgehead atoms. The first-order chi connectivity index (χ1) is 19.5. The average Bonchev–Trinajstić information content (AvgIpc) is 3.04. The van der Waals surface area contributed by atoms with E-state index in [1.165, 1.54) is 22.4 Å². The number of aromatic nitrogens is 1. The number of aliphatic imine (C=N–C) groups is 1. The van der Waals surface area contributed by atoms with Crippen molar-refractivity contribution < 1.29 is 9.30 Å². The Morgan fingerprint density at radius 2 is 2.00 bits per heavy atom. The number of nitrogens with one attached hydrogen (secondary N) is 1. The number of fused-ring (bicyclic) bond motifs is 6. The molecular weight excluding hydrogens is 519 g/mol. The summed E-state index contributed by atoms with van der Waals surface area (Å²) in [6, 6.07) is 11.6. The molecule has 4 heterocycles. The van der Waals surface area contributed by atoms with E-state index in [9.17, 15) is 0 Å². The Hall–Kier alpha value is -3.18. The number of hydrogen-bond donors (Lipinski definition) is 1. The minimum absolute atomic E-state index is 0.0553. The predicted molar refractivity (Wildman–Crippen MR) is 175 cm³/mol. The van der Waals surface area contributed by atoms with Crippen LogP contribution in [0, 0.1) is 11.3 Å². The van der Waals surface area contributed by atoms with Gasteiger partial charge in [0.1, 0.15) is 5.70 Å². The zero-order chi connectivity index (χ0) is 29.4. The van der Waals surface area contributed by atoms with E-state index in [0.717, 1.165) is 50.1 Å². The minimum atomic E-state index is -1.62. The highest BCUT2D eigenvalue weighted by Gasteiger charge is 2.45. The lowest BCUT2D eigenvalue weighted by Crippen LogP contribution is -2.54. The fourth-order valence-corrected chi connectivity index (χ4v) is 8.69. The highest BCUT2D eigenvalue weighted by molar-refractivity contribution is 6.89. The maximum absolute atomic E-state index is 5.77. The van der Waals surface area contributed by atoms with Crippen molar-refractivity contribution in [1.29, 1.82) is 0 Å². The molecule has 41 heavy (non-hydrogen) atoms. The molecule has 0 amide bonds. The lowest BCUT2D eigenvalue weighted by atomic mass is 9.72. The first-order valence-corrected chi connectivity index (χ1v) is 18.8. The molecule has 3 atom stereocenters. The number of pyridine rings is 1. The SMILES string of the molecule is C=CC1=NC(=C)C2C(CCC3(/C=C\CCOC(=C)NC3)C1)c1ccccc1-c1cc(CC(C)C)c([Si](C)(C)C)c[n+]12. The lowest BCUT2D eigenvalue weighted by molar-refractivity contribution is -0.708. The monoisotopic (exact) mass is 566 g/mol. The molecule has 5 rings (SSSR count). The smallest absolute Gasteiger partial charge is 0.213 e. The third kappa shape index (κ3) is 6.06. The van der Waals surface area contributed by atoms with Gasteiger partial charge in [0.05, 0.1) is 20.6 Å². The Kier molecular flexibility index (Phi) is 8.29. The third-order valence-corrected chi connectivity index (χ3v) is 11.0. The van der Waals surface area contributed by atoms with E-state index in [4.69, 9.17) is 9.73 Å². The van der Waals surface area contributed by atoms with Crippen LogP contribution < -0.4 is 15.1 Å². The van der Waals surface area contributed by atoms with Crippen LogP contribution in [0.2, 0.25) is 19.6 Å². The second-order valence-electron chi connectivity index (χ2n) is 13.7. The number of allylic oxidation sites excluding steroid dienone is 2. The Balaban J connectivity index is 1.69. The highest BCUT2D eigenvalue weighted by Crippen LogP contribution is 2.47. The standard InChI is InChI=1S/C36H48N3OSi/c1-9-29-22-36(17-12-13-19-40-27(5)37-24-36)18-16-32-30-14-10-11-15-31(30)33-21-28(20-25(2)3)34(41(6,7)8)23-39(33)35(32)26(4)38-29/h9-12,14-15,17,21,23,25,32,35,37H,1,4-5,13,16,18-20,22,24H2,2-3,6-8H3/q+1/b17-12-,38-29?. The van der Waals surface area contributed by atoms with Gasteiger partial charge in [0.25, 0.3) is 0 Å². The van der Waals surface area contributed by atoms with Crippen LogP contribution in [0.5, 0.6) is 0 Å². The van der Waals surface area contributed by atoms with Crippen molar-refractivity contribution in [2.45, 2.75) is 77.6 Å². The highest BCUT2D eigenvalue weighted by atomic mass is 28.3. The van der Waals surface area contributed by atoms with Gasteiger partial charge in [-0.25, -0.2) is 0 Å². The van der Waals surface area contributed by atoms with Crippen LogP contribution in [-0.4, -0.2) is 26.9 Å². The van der Waals surface area contributed by atoms with Crippen LogP contribution in [0.15, 0.2) is 91.1 Å². The quantitative estimate of drug-likeness (QED) is 0.238. The van der Waals surface area contributed by atoms with E-state index in [1.54, 1.807) is 5.19 Å². The molecule has 216 valence electrons. The van der Waals surface area contributed by atoms with Crippen LogP contribution in [0.25, 0.3) is 11.3 Å². The number of benzene rings is 1. The number of rotatable bonds is 4. The summed E-state index contributed by atoms with van der Waals surface area (Å²) >= 11 is 0. The fourth-order valence-electron chi connectivity index (χ4n) is 7.02. The van der Waals surface area contributed by atoms with Crippen molar-refractivity contribution in [3.05, 3.63) is 97.2 Å². The van der Waals surface area contributed by atoms with Gasteiger partial charge in [0.2, 0.25) is 11.7 Å². The van der Waals surface area contributed by atoms with E-state index in [2.05, 4.69) is 112 Å². The van der Waals surface area contributed by atoms with Gasteiger partial charge in [-0.2, -0.15) is 4.57 Å². The van der Waals surface area contributed by atoms with E-state index >= 15 is 0 Å². The summed E-state index contributed by atoms with van der Waals surface area (Å²) in [4.78, 5) is 5.26. The summed E-state index contributed by atoms with van der Waals surface area (Å²) in [5.74, 6) is 1.52. The first kappa shape index (κ1) is 29.3. The van der Waals surface area contributed by atoms with Crippen LogP contribution >= 0.6 is 0 Å². The van der Waals surface area contributed by atoms with Gasteiger partial charge in [-0.3, -0.25) is 4.99 Å². The normalized spacial score (nSPS) is 25.5. The van der Waals surface area contributed by atoms with E-state index < -0.39 is 8.07 Å². The maximum Gasteiger partial charge on any atom is 0.213 e. The second-order valence-corrected chi connectivity index (χ2v) is 18.7.